The smallest absolute Gasteiger partial charge is 0.0905 e. The van der Waals surface area contributed by atoms with Gasteiger partial charge in [-0.15, -0.1) is 0 Å². The third kappa shape index (κ3) is 4.49. The predicted molar refractivity (Wildman–Crippen MR) is 66.5 cm³/mol. The number of benzene rings is 1. The molecule has 0 atom stereocenters. The van der Waals surface area contributed by atoms with Crippen molar-refractivity contribution in [3.05, 3.63) is 30.3 Å². The molecule has 0 aliphatic carbocycles. The number of hydrogen-bond acceptors (Lipinski definition) is 2. The molecule has 82 valence electrons. The number of anilines is 1. The van der Waals surface area contributed by atoms with E-state index in [-0.39, 0.29) is 0 Å². The Morgan fingerprint density at radius 1 is 1.33 bits per heavy atom. The molecule has 3 heteroatoms. The van der Waals surface area contributed by atoms with E-state index in [1.807, 2.05) is 25.1 Å². The van der Waals surface area contributed by atoms with Crippen molar-refractivity contribution in [2.45, 2.75) is 13.3 Å². The topological polar surface area (TPSA) is 41.6 Å². The van der Waals surface area contributed by atoms with Crippen LogP contribution in [0.4, 0.5) is 5.69 Å². The highest BCUT2D eigenvalue weighted by Crippen LogP contribution is 2.10. The highest BCUT2D eigenvalue weighted by atomic mass is 15.1. The number of aliphatic imine (C=N–C) groups is 1. The van der Waals surface area contributed by atoms with Crippen LogP contribution in [0.5, 0.6) is 0 Å². The molecule has 2 N–H and O–H groups in total. The van der Waals surface area contributed by atoms with Crippen LogP contribution >= 0.6 is 0 Å². The molecule has 1 aromatic carbocycles. The Bertz CT molecular complexity index is 302. The van der Waals surface area contributed by atoms with E-state index < -0.39 is 0 Å². The van der Waals surface area contributed by atoms with Gasteiger partial charge in [-0.05, 0) is 25.5 Å². The van der Waals surface area contributed by atoms with Crippen molar-refractivity contribution in [2.75, 3.05) is 25.0 Å². The summed E-state index contributed by atoms with van der Waals surface area (Å²) in [5, 5.41) is 0. The second kappa shape index (κ2) is 6.06. The standard InChI is InChI=1S/C12H19N3/c1-11(13)14-9-6-10-15(2)12-7-4-3-5-8-12/h3-5,7-8H,6,9-10H2,1-2H3,(H2,13,14). The van der Waals surface area contributed by atoms with E-state index in [4.69, 9.17) is 5.73 Å². The van der Waals surface area contributed by atoms with Gasteiger partial charge in [-0.2, -0.15) is 0 Å². The van der Waals surface area contributed by atoms with Crippen molar-refractivity contribution in [3.63, 3.8) is 0 Å². The number of para-hydroxylation sites is 1. The van der Waals surface area contributed by atoms with Gasteiger partial charge in [0.1, 0.15) is 0 Å². The first kappa shape index (κ1) is 11.6. The minimum Gasteiger partial charge on any atom is -0.388 e. The lowest BCUT2D eigenvalue weighted by Gasteiger charge is -2.18. The first-order valence-electron chi connectivity index (χ1n) is 5.23. The van der Waals surface area contributed by atoms with Crippen LogP contribution in [0.2, 0.25) is 0 Å². The van der Waals surface area contributed by atoms with Crippen molar-refractivity contribution in [3.8, 4) is 0 Å². The lowest BCUT2D eigenvalue weighted by Crippen LogP contribution is -2.19. The molecule has 0 fully saturated rings. The lowest BCUT2D eigenvalue weighted by atomic mass is 10.3. The molecule has 0 aromatic heterocycles. The molecule has 15 heavy (non-hydrogen) atoms. The molecule has 0 amide bonds. The average molecular weight is 205 g/mol. The molecule has 0 saturated carbocycles. The molecule has 0 radical (unpaired) electrons. The minimum atomic E-state index is 0.664. The molecule has 0 spiro atoms. The molecule has 0 heterocycles. The largest absolute Gasteiger partial charge is 0.388 e. The van der Waals surface area contributed by atoms with Gasteiger partial charge in [-0.3, -0.25) is 4.99 Å². The van der Waals surface area contributed by atoms with E-state index in [2.05, 4.69) is 29.1 Å². The van der Waals surface area contributed by atoms with Crippen LogP contribution in [0.1, 0.15) is 13.3 Å². The maximum Gasteiger partial charge on any atom is 0.0905 e. The minimum absolute atomic E-state index is 0.664. The van der Waals surface area contributed by atoms with Crippen LogP contribution in [0.15, 0.2) is 35.3 Å². The number of nitrogens with two attached hydrogens (primary N) is 1. The van der Waals surface area contributed by atoms with Gasteiger partial charge in [0.25, 0.3) is 0 Å². The highest BCUT2D eigenvalue weighted by Gasteiger charge is 1.97. The molecular formula is C12H19N3. The van der Waals surface area contributed by atoms with Crippen LogP contribution < -0.4 is 10.6 Å². The summed E-state index contributed by atoms with van der Waals surface area (Å²) in [4.78, 5) is 6.38. The zero-order valence-corrected chi connectivity index (χ0v) is 9.48. The summed E-state index contributed by atoms with van der Waals surface area (Å²) >= 11 is 0. The van der Waals surface area contributed by atoms with Gasteiger partial charge in [0.05, 0.1) is 5.84 Å². The van der Waals surface area contributed by atoms with Gasteiger partial charge in [0.2, 0.25) is 0 Å². The van der Waals surface area contributed by atoms with E-state index in [1.54, 1.807) is 0 Å². The van der Waals surface area contributed by atoms with Crippen molar-refractivity contribution >= 4 is 11.5 Å². The zero-order valence-electron chi connectivity index (χ0n) is 9.48. The molecule has 0 aliphatic heterocycles. The second-order valence-electron chi connectivity index (χ2n) is 3.63. The summed E-state index contributed by atoms with van der Waals surface area (Å²) in [7, 11) is 2.09. The predicted octanol–water partition coefficient (Wildman–Crippen LogP) is 1.89. The Morgan fingerprint density at radius 3 is 2.60 bits per heavy atom. The number of amidine groups is 1. The number of rotatable bonds is 5. The summed E-state index contributed by atoms with van der Waals surface area (Å²) in [6, 6.07) is 10.3. The SMILES string of the molecule is CC(N)=NCCCN(C)c1ccccc1. The Labute approximate surface area is 91.6 Å². The first-order valence-corrected chi connectivity index (χ1v) is 5.23. The molecule has 0 saturated heterocycles. The average Bonchev–Trinajstić information content (AvgIpc) is 2.25. The van der Waals surface area contributed by atoms with Crippen molar-refractivity contribution in [1.29, 1.82) is 0 Å². The van der Waals surface area contributed by atoms with E-state index in [0.717, 1.165) is 19.5 Å². The van der Waals surface area contributed by atoms with Gasteiger partial charge in [0.15, 0.2) is 0 Å². The molecule has 0 unspecified atom stereocenters. The van der Waals surface area contributed by atoms with E-state index >= 15 is 0 Å². The van der Waals surface area contributed by atoms with Gasteiger partial charge < -0.3 is 10.6 Å². The van der Waals surface area contributed by atoms with Crippen LogP contribution in [0.3, 0.4) is 0 Å². The van der Waals surface area contributed by atoms with Crippen LogP contribution in [-0.4, -0.2) is 26.0 Å². The molecular weight excluding hydrogens is 186 g/mol. The lowest BCUT2D eigenvalue weighted by molar-refractivity contribution is 0.795. The molecule has 1 rings (SSSR count). The summed E-state index contributed by atoms with van der Waals surface area (Å²) in [6.45, 7) is 3.63. The normalized spacial score (nSPS) is 11.5. The number of nitrogens with zero attached hydrogens (tertiary/aromatic N) is 2. The molecule has 1 aromatic rings. The fraction of sp³-hybridized carbons (Fsp3) is 0.417. The summed E-state index contributed by atoms with van der Waals surface area (Å²) < 4.78 is 0. The quantitative estimate of drug-likeness (QED) is 0.453. The Hall–Kier alpha value is -1.51. The number of hydrogen-bond donors (Lipinski definition) is 1. The zero-order chi connectivity index (χ0) is 11.1. The Kier molecular flexibility index (Phi) is 4.68. The van der Waals surface area contributed by atoms with Gasteiger partial charge in [-0.25, -0.2) is 0 Å². The van der Waals surface area contributed by atoms with E-state index in [9.17, 15) is 0 Å². The Morgan fingerprint density at radius 2 is 2.00 bits per heavy atom. The monoisotopic (exact) mass is 205 g/mol. The maximum atomic E-state index is 5.46. The van der Waals surface area contributed by atoms with E-state index in [0.29, 0.717) is 5.84 Å². The van der Waals surface area contributed by atoms with Gasteiger partial charge >= 0.3 is 0 Å². The van der Waals surface area contributed by atoms with Crippen molar-refractivity contribution < 1.29 is 0 Å². The second-order valence-corrected chi connectivity index (χ2v) is 3.63. The fourth-order valence-electron chi connectivity index (χ4n) is 1.37. The first-order chi connectivity index (χ1) is 7.20. The van der Waals surface area contributed by atoms with Crippen LogP contribution in [0.25, 0.3) is 0 Å². The summed E-state index contributed by atoms with van der Waals surface area (Å²) in [6.07, 6.45) is 1.03. The van der Waals surface area contributed by atoms with E-state index in [1.165, 1.54) is 5.69 Å². The maximum absolute atomic E-state index is 5.46. The molecule has 3 nitrogen and oxygen atoms in total. The van der Waals surface area contributed by atoms with Gasteiger partial charge in [0, 0.05) is 25.8 Å². The van der Waals surface area contributed by atoms with Crippen LogP contribution in [-0.2, 0) is 0 Å². The highest BCUT2D eigenvalue weighted by molar-refractivity contribution is 5.77. The van der Waals surface area contributed by atoms with Crippen molar-refractivity contribution in [2.24, 2.45) is 10.7 Å². The molecule has 0 aliphatic rings. The third-order valence-corrected chi connectivity index (χ3v) is 2.21. The molecule has 0 bridgehead atoms. The van der Waals surface area contributed by atoms with Crippen LogP contribution in [0, 0.1) is 0 Å². The van der Waals surface area contributed by atoms with Crippen molar-refractivity contribution in [1.82, 2.24) is 0 Å². The Balaban J connectivity index is 2.31. The third-order valence-electron chi connectivity index (χ3n) is 2.21. The summed E-state index contributed by atoms with van der Waals surface area (Å²) in [5.74, 6) is 0.664. The summed E-state index contributed by atoms with van der Waals surface area (Å²) in [5.41, 5.74) is 6.70. The van der Waals surface area contributed by atoms with Gasteiger partial charge in [-0.1, -0.05) is 18.2 Å². The fourth-order valence-corrected chi connectivity index (χ4v) is 1.37.